The van der Waals surface area contributed by atoms with E-state index in [-0.39, 0.29) is 5.92 Å². The molecule has 3 nitrogen and oxygen atoms in total. The van der Waals surface area contributed by atoms with E-state index in [1.54, 1.807) is 7.11 Å². The molecule has 2 unspecified atom stereocenters. The molecular weight excluding hydrogens is 228 g/mol. The van der Waals surface area contributed by atoms with Gasteiger partial charge < -0.3 is 9.47 Å². The molecule has 0 aromatic carbocycles. The number of hydrogen-bond donors (Lipinski definition) is 0. The Hall–Kier alpha value is -0.410. The van der Waals surface area contributed by atoms with Gasteiger partial charge in [0.2, 0.25) is 0 Å². The Morgan fingerprint density at radius 1 is 1.33 bits per heavy atom. The summed E-state index contributed by atoms with van der Waals surface area (Å²) in [6.07, 6.45) is 7.29. The Morgan fingerprint density at radius 3 is 2.67 bits per heavy atom. The number of ether oxygens (including phenoxy) is 2. The van der Waals surface area contributed by atoms with Crippen molar-refractivity contribution in [2.24, 2.45) is 11.8 Å². The van der Waals surface area contributed by atoms with Gasteiger partial charge >= 0.3 is 0 Å². The van der Waals surface area contributed by atoms with Crippen molar-refractivity contribution in [3.05, 3.63) is 0 Å². The predicted octanol–water partition coefficient (Wildman–Crippen LogP) is 2.97. The molecule has 0 aromatic rings. The summed E-state index contributed by atoms with van der Waals surface area (Å²) in [6.45, 7) is 3.55. The van der Waals surface area contributed by atoms with E-state index in [0.29, 0.717) is 19.0 Å². The third-order valence-corrected chi connectivity index (χ3v) is 4.87. The molecule has 2 atom stereocenters. The Labute approximate surface area is 110 Å². The number of Topliss-reactive ketones (excluding diaryl/α,β-unsaturated/α-hetero) is 1. The van der Waals surface area contributed by atoms with Gasteiger partial charge in [0.05, 0.1) is 0 Å². The highest BCUT2D eigenvalue weighted by atomic mass is 16.5. The van der Waals surface area contributed by atoms with Crippen LogP contribution < -0.4 is 0 Å². The van der Waals surface area contributed by atoms with E-state index in [1.165, 1.54) is 19.3 Å². The molecule has 3 heteroatoms. The summed E-state index contributed by atoms with van der Waals surface area (Å²) in [5.74, 6) is 1.31. The van der Waals surface area contributed by atoms with Gasteiger partial charge in [0.25, 0.3) is 0 Å². The van der Waals surface area contributed by atoms with E-state index >= 15 is 0 Å². The number of carbonyl (C=O) groups excluding carboxylic acids is 1. The normalized spacial score (nSPS) is 32.1. The number of carbonyl (C=O) groups is 1. The van der Waals surface area contributed by atoms with Crippen molar-refractivity contribution in [1.29, 1.82) is 0 Å². The van der Waals surface area contributed by atoms with Crippen LogP contribution in [0.4, 0.5) is 0 Å². The molecule has 1 heterocycles. The van der Waals surface area contributed by atoms with E-state index < -0.39 is 5.60 Å². The third kappa shape index (κ3) is 2.77. The van der Waals surface area contributed by atoms with Crippen molar-refractivity contribution >= 4 is 5.78 Å². The van der Waals surface area contributed by atoms with E-state index in [0.717, 1.165) is 31.6 Å². The minimum atomic E-state index is -0.543. The van der Waals surface area contributed by atoms with Gasteiger partial charge in [-0.25, -0.2) is 0 Å². The van der Waals surface area contributed by atoms with Crippen LogP contribution in [0.5, 0.6) is 0 Å². The van der Waals surface area contributed by atoms with Crippen LogP contribution in [0.15, 0.2) is 0 Å². The molecule has 0 spiro atoms. The largest absolute Gasteiger partial charge is 0.381 e. The molecule has 0 bridgehead atoms. The van der Waals surface area contributed by atoms with Gasteiger partial charge in [0, 0.05) is 39.1 Å². The fourth-order valence-corrected chi connectivity index (χ4v) is 3.52. The maximum Gasteiger partial charge on any atom is 0.167 e. The van der Waals surface area contributed by atoms with Crippen LogP contribution in [0.25, 0.3) is 0 Å². The van der Waals surface area contributed by atoms with Crippen molar-refractivity contribution in [2.75, 3.05) is 20.3 Å². The lowest BCUT2D eigenvalue weighted by molar-refractivity contribution is -0.158. The van der Waals surface area contributed by atoms with Crippen molar-refractivity contribution in [2.45, 2.75) is 57.5 Å². The molecule has 0 radical (unpaired) electrons. The molecule has 2 rings (SSSR count). The van der Waals surface area contributed by atoms with Gasteiger partial charge in [-0.1, -0.05) is 26.2 Å². The second-order valence-electron chi connectivity index (χ2n) is 5.81. The Kier molecular flexibility index (Phi) is 4.79. The minimum Gasteiger partial charge on any atom is -0.381 e. The average Bonchev–Trinajstić information content (AvgIpc) is 2.47. The predicted molar refractivity (Wildman–Crippen MR) is 70.5 cm³/mol. The van der Waals surface area contributed by atoms with Crippen molar-refractivity contribution in [1.82, 2.24) is 0 Å². The maximum atomic E-state index is 12.8. The third-order valence-electron chi connectivity index (χ3n) is 4.87. The molecule has 1 aliphatic heterocycles. The zero-order chi connectivity index (χ0) is 13.0. The summed E-state index contributed by atoms with van der Waals surface area (Å²) in [4.78, 5) is 12.8. The van der Waals surface area contributed by atoms with Crippen LogP contribution in [-0.2, 0) is 14.3 Å². The average molecular weight is 254 g/mol. The smallest absolute Gasteiger partial charge is 0.167 e. The molecular formula is C15H26O3. The first-order chi connectivity index (χ1) is 8.72. The fraction of sp³-hybridized carbons (Fsp3) is 0.933. The molecule has 1 saturated carbocycles. The highest BCUT2D eigenvalue weighted by Gasteiger charge is 2.44. The molecule has 2 aliphatic rings. The van der Waals surface area contributed by atoms with Gasteiger partial charge in [-0.2, -0.15) is 0 Å². The van der Waals surface area contributed by atoms with Crippen LogP contribution in [0.3, 0.4) is 0 Å². The molecule has 104 valence electrons. The Bertz CT molecular complexity index is 281. The van der Waals surface area contributed by atoms with Crippen LogP contribution in [-0.4, -0.2) is 31.7 Å². The maximum absolute atomic E-state index is 12.8. The second-order valence-corrected chi connectivity index (χ2v) is 5.81. The summed E-state index contributed by atoms with van der Waals surface area (Å²) in [6, 6.07) is 0. The van der Waals surface area contributed by atoms with E-state index in [1.807, 2.05) is 0 Å². The van der Waals surface area contributed by atoms with E-state index in [4.69, 9.17) is 9.47 Å². The van der Waals surface area contributed by atoms with Gasteiger partial charge in [-0.15, -0.1) is 0 Å². The summed E-state index contributed by atoms with van der Waals surface area (Å²) in [7, 11) is 1.68. The summed E-state index contributed by atoms with van der Waals surface area (Å²) >= 11 is 0. The highest BCUT2D eigenvalue weighted by Crippen LogP contribution is 2.37. The zero-order valence-corrected chi connectivity index (χ0v) is 11.7. The van der Waals surface area contributed by atoms with Crippen LogP contribution >= 0.6 is 0 Å². The lowest BCUT2D eigenvalue weighted by Crippen LogP contribution is -2.49. The number of methoxy groups -OCH3 is 1. The van der Waals surface area contributed by atoms with Crippen LogP contribution in [0.2, 0.25) is 0 Å². The summed E-state index contributed by atoms with van der Waals surface area (Å²) < 4.78 is 11.0. The lowest BCUT2D eigenvalue weighted by Gasteiger charge is -2.39. The number of ketones is 1. The lowest BCUT2D eigenvalue weighted by atomic mass is 9.72. The van der Waals surface area contributed by atoms with Gasteiger partial charge in [-0.3, -0.25) is 4.79 Å². The number of hydrogen-bond acceptors (Lipinski definition) is 3. The zero-order valence-electron chi connectivity index (χ0n) is 11.7. The molecule has 1 aliphatic carbocycles. The quantitative estimate of drug-likeness (QED) is 0.773. The van der Waals surface area contributed by atoms with Crippen molar-refractivity contribution < 1.29 is 14.3 Å². The Balaban J connectivity index is 2.04. The van der Waals surface area contributed by atoms with Crippen molar-refractivity contribution in [3.63, 3.8) is 0 Å². The Morgan fingerprint density at radius 2 is 2.06 bits per heavy atom. The standard InChI is InChI=1S/C15H26O3/c1-3-12-5-4-6-13(11-12)14(16)15(17-2)7-9-18-10-8-15/h12-13H,3-11H2,1-2H3. The van der Waals surface area contributed by atoms with Crippen LogP contribution in [0, 0.1) is 11.8 Å². The topological polar surface area (TPSA) is 35.5 Å². The second kappa shape index (κ2) is 6.16. The minimum absolute atomic E-state index is 0.224. The van der Waals surface area contributed by atoms with E-state index in [9.17, 15) is 4.79 Å². The first-order valence-corrected chi connectivity index (χ1v) is 7.39. The summed E-state index contributed by atoms with van der Waals surface area (Å²) in [5.41, 5.74) is -0.543. The molecule has 2 fully saturated rings. The number of rotatable bonds is 4. The highest BCUT2D eigenvalue weighted by molar-refractivity contribution is 5.89. The first-order valence-electron chi connectivity index (χ1n) is 7.39. The van der Waals surface area contributed by atoms with Gasteiger partial charge in [0.1, 0.15) is 5.60 Å². The molecule has 0 N–H and O–H groups in total. The first kappa shape index (κ1) is 14.0. The van der Waals surface area contributed by atoms with Gasteiger partial charge in [-0.05, 0) is 18.8 Å². The SMILES string of the molecule is CCC1CCCC(C(=O)C2(OC)CCOCC2)C1. The summed E-state index contributed by atoms with van der Waals surface area (Å²) in [5, 5.41) is 0. The molecule has 1 saturated heterocycles. The van der Waals surface area contributed by atoms with E-state index in [2.05, 4.69) is 6.92 Å². The fourth-order valence-electron chi connectivity index (χ4n) is 3.52. The molecule has 18 heavy (non-hydrogen) atoms. The molecule has 0 aromatic heterocycles. The monoisotopic (exact) mass is 254 g/mol. The van der Waals surface area contributed by atoms with Gasteiger partial charge in [0.15, 0.2) is 5.78 Å². The van der Waals surface area contributed by atoms with Crippen molar-refractivity contribution in [3.8, 4) is 0 Å². The van der Waals surface area contributed by atoms with Crippen LogP contribution in [0.1, 0.15) is 51.9 Å². The molecule has 0 amide bonds.